The standard InChI is InChI=1S/C15H26N2O/c1-4-17(9-10-18-12-13(2)3)11-14-7-5-6-8-15(14)16/h5-8,13H,4,9-12,16H2,1-3H3. The van der Waals surface area contributed by atoms with Crippen molar-refractivity contribution in [3.05, 3.63) is 29.8 Å². The van der Waals surface area contributed by atoms with E-state index in [1.165, 1.54) is 5.56 Å². The summed E-state index contributed by atoms with van der Waals surface area (Å²) in [5, 5.41) is 0. The Morgan fingerprint density at radius 3 is 2.61 bits per heavy atom. The van der Waals surface area contributed by atoms with Crippen molar-refractivity contribution in [2.45, 2.75) is 27.3 Å². The summed E-state index contributed by atoms with van der Waals surface area (Å²) in [4.78, 5) is 2.35. The van der Waals surface area contributed by atoms with Gasteiger partial charge in [0.05, 0.1) is 6.61 Å². The number of ether oxygens (including phenoxy) is 1. The van der Waals surface area contributed by atoms with Crippen molar-refractivity contribution in [3.8, 4) is 0 Å². The van der Waals surface area contributed by atoms with E-state index in [1.807, 2.05) is 18.2 Å². The first kappa shape index (κ1) is 15.0. The number of rotatable bonds is 8. The van der Waals surface area contributed by atoms with Gasteiger partial charge in [0.2, 0.25) is 0 Å². The molecule has 0 aliphatic rings. The summed E-state index contributed by atoms with van der Waals surface area (Å²) >= 11 is 0. The number of nitrogen functional groups attached to an aromatic ring is 1. The number of anilines is 1. The van der Waals surface area contributed by atoms with E-state index in [9.17, 15) is 0 Å². The van der Waals surface area contributed by atoms with Crippen molar-refractivity contribution < 1.29 is 4.74 Å². The second-order valence-electron chi connectivity index (χ2n) is 5.04. The summed E-state index contributed by atoms with van der Waals surface area (Å²) in [5.74, 6) is 0.602. The largest absolute Gasteiger partial charge is 0.398 e. The second kappa shape index (κ2) is 8.11. The molecule has 1 aromatic carbocycles. The average Bonchev–Trinajstić information content (AvgIpc) is 2.35. The van der Waals surface area contributed by atoms with Crippen LogP contribution >= 0.6 is 0 Å². The van der Waals surface area contributed by atoms with Crippen LogP contribution in [0.5, 0.6) is 0 Å². The topological polar surface area (TPSA) is 38.5 Å². The van der Waals surface area contributed by atoms with Crippen LogP contribution in [0, 0.1) is 5.92 Å². The highest BCUT2D eigenvalue weighted by Crippen LogP contribution is 2.13. The van der Waals surface area contributed by atoms with Crippen LogP contribution in [0.1, 0.15) is 26.3 Å². The van der Waals surface area contributed by atoms with Gasteiger partial charge < -0.3 is 10.5 Å². The van der Waals surface area contributed by atoms with Crippen LogP contribution in [0.4, 0.5) is 5.69 Å². The van der Waals surface area contributed by atoms with Gasteiger partial charge >= 0.3 is 0 Å². The minimum atomic E-state index is 0.602. The zero-order valence-corrected chi connectivity index (χ0v) is 11.9. The molecule has 0 atom stereocenters. The Bertz CT molecular complexity index is 339. The number of likely N-dealkylation sites (N-methyl/N-ethyl adjacent to an activating group) is 1. The summed E-state index contributed by atoms with van der Waals surface area (Å²) in [7, 11) is 0. The molecule has 0 aromatic heterocycles. The molecular formula is C15H26N2O. The molecular weight excluding hydrogens is 224 g/mol. The number of hydrogen-bond acceptors (Lipinski definition) is 3. The quantitative estimate of drug-likeness (QED) is 0.569. The van der Waals surface area contributed by atoms with Crippen LogP contribution in [-0.4, -0.2) is 31.2 Å². The molecule has 3 nitrogen and oxygen atoms in total. The first-order valence-corrected chi connectivity index (χ1v) is 6.77. The van der Waals surface area contributed by atoms with Crippen molar-refractivity contribution in [1.82, 2.24) is 4.90 Å². The number of nitrogens with two attached hydrogens (primary N) is 1. The molecule has 3 heteroatoms. The van der Waals surface area contributed by atoms with Crippen LogP contribution in [-0.2, 0) is 11.3 Å². The van der Waals surface area contributed by atoms with E-state index in [2.05, 4.69) is 31.7 Å². The molecule has 0 bridgehead atoms. The lowest BCUT2D eigenvalue weighted by molar-refractivity contribution is 0.0849. The summed E-state index contributed by atoms with van der Waals surface area (Å²) in [6.07, 6.45) is 0. The lowest BCUT2D eigenvalue weighted by Gasteiger charge is -2.21. The highest BCUT2D eigenvalue weighted by Gasteiger charge is 2.06. The molecule has 0 unspecified atom stereocenters. The number of benzene rings is 1. The zero-order valence-electron chi connectivity index (χ0n) is 11.9. The molecule has 0 radical (unpaired) electrons. The van der Waals surface area contributed by atoms with Gasteiger partial charge in [-0.3, -0.25) is 4.90 Å². The van der Waals surface area contributed by atoms with E-state index in [1.54, 1.807) is 0 Å². The number of hydrogen-bond donors (Lipinski definition) is 1. The third-order valence-electron chi connectivity index (χ3n) is 2.90. The molecule has 1 aromatic rings. The van der Waals surface area contributed by atoms with Gasteiger partial charge in [-0.2, -0.15) is 0 Å². The van der Waals surface area contributed by atoms with Gasteiger partial charge in [0, 0.05) is 25.4 Å². The predicted octanol–water partition coefficient (Wildman–Crippen LogP) is 2.76. The van der Waals surface area contributed by atoms with Crippen LogP contribution < -0.4 is 5.73 Å². The van der Waals surface area contributed by atoms with Gasteiger partial charge in [0.25, 0.3) is 0 Å². The fraction of sp³-hybridized carbons (Fsp3) is 0.600. The average molecular weight is 250 g/mol. The van der Waals surface area contributed by atoms with Crippen molar-refractivity contribution in [3.63, 3.8) is 0 Å². The van der Waals surface area contributed by atoms with Crippen molar-refractivity contribution in [2.75, 3.05) is 32.0 Å². The normalized spacial score (nSPS) is 11.4. The minimum absolute atomic E-state index is 0.602. The van der Waals surface area contributed by atoms with Crippen LogP contribution in [0.3, 0.4) is 0 Å². The third kappa shape index (κ3) is 5.52. The van der Waals surface area contributed by atoms with Gasteiger partial charge in [-0.1, -0.05) is 39.0 Å². The smallest absolute Gasteiger partial charge is 0.0593 e. The molecule has 0 spiro atoms. The molecule has 0 amide bonds. The van der Waals surface area contributed by atoms with Crippen LogP contribution in [0.15, 0.2) is 24.3 Å². The highest BCUT2D eigenvalue weighted by molar-refractivity contribution is 5.46. The molecule has 0 aliphatic carbocycles. The highest BCUT2D eigenvalue weighted by atomic mass is 16.5. The Morgan fingerprint density at radius 2 is 2.00 bits per heavy atom. The first-order chi connectivity index (χ1) is 8.63. The molecule has 0 heterocycles. The van der Waals surface area contributed by atoms with E-state index < -0.39 is 0 Å². The number of nitrogens with zero attached hydrogens (tertiary/aromatic N) is 1. The molecule has 2 N–H and O–H groups in total. The maximum atomic E-state index is 5.96. The minimum Gasteiger partial charge on any atom is -0.398 e. The Kier molecular flexibility index (Phi) is 6.76. The Morgan fingerprint density at radius 1 is 1.28 bits per heavy atom. The van der Waals surface area contributed by atoms with Crippen LogP contribution in [0.25, 0.3) is 0 Å². The lowest BCUT2D eigenvalue weighted by atomic mass is 10.1. The maximum Gasteiger partial charge on any atom is 0.0593 e. The summed E-state index contributed by atoms with van der Waals surface area (Å²) in [6, 6.07) is 8.06. The molecule has 0 fully saturated rings. The van der Waals surface area contributed by atoms with Gasteiger partial charge in [-0.05, 0) is 24.1 Å². The lowest BCUT2D eigenvalue weighted by Crippen LogP contribution is -2.27. The summed E-state index contributed by atoms with van der Waals surface area (Å²) in [5.41, 5.74) is 8.03. The molecule has 0 saturated heterocycles. The monoisotopic (exact) mass is 250 g/mol. The molecule has 0 aliphatic heterocycles. The van der Waals surface area contributed by atoms with E-state index in [0.717, 1.165) is 38.5 Å². The Balaban J connectivity index is 2.36. The van der Waals surface area contributed by atoms with E-state index >= 15 is 0 Å². The van der Waals surface area contributed by atoms with Gasteiger partial charge in [-0.15, -0.1) is 0 Å². The molecule has 1 rings (SSSR count). The van der Waals surface area contributed by atoms with Crippen molar-refractivity contribution in [1.29, 1.82) is 0 Å². The fourth-order valence-electron chi connectivity index (χ4n) is 1.78. The van der Waals surface area contributed by atoms with Crippen molar-refractivity contribution in [2.24, 2.45) is 5.92 Å². The van der Waals surface area contributed by atoms with E-state index in [-0.39, 0.29) is 0 Å². The van der Waals surface area contributed by atoms with E-state index in [4.69, 9.17) is 10.5 Å². The van der Waals surface area contributed by atoms with Gasteiger partial charge in [0.15, 0.2) is 0 Å². The number of para-hydroxylation sites is 1. The summed E-state index contributed by atoms with van der Waals surface area (Å²) in [6.45, 7) is 11.0. The molecule has 0 saturated carbocycles. The Hall–Kier alpha value is -1.06. The summed E-state index contributed by atoms with van der Waals surface area (Å²) < 4.78 is 5.62. The Labute approximate surface area is 111 Å². The molecule has 102 valence electrons. The third-order valence-corrected chi connectivity index (χ3v) is 2.90. The van der Waals surface area contributed by atoms with Crippen molar-refractivity contribution >= 4 is 5.69 Å². The van der Waals surface area contributed by atoms with Gasteiger partial charge in [0.1, 0.15) is 0 Å². The molecule has 18 heavy (non-hydrogen) atoms. The first-order valence-electron chi connectivity index (χ1n) is 6.77. The van der Waals surface area contributed by atoms with E-state index in [0.29, 0.717) is 5.92 Å². The maximum absolute atomic E-state index is 5.96. The predicted molar refractivity (Wildman–Crippen MR) is 77.5 cm³/mol. The SMILES string of the molecule is CCN(CCOCC(C)C)Cc1ccccc1N. The van der Waals surface area contributed by atoms with Gasteiger partial charge in [-0.25, -0.2) is 0 Å². The zero-order chi connectivity index (χ0) is 13.4. The van der Waals surface area contributed by atoms with Crippen LogP contribution in [0.2, 0.25) is 0 Å². The fourth-order valence-corrected chi connectivity index (χ4v) is 1.78. The second-order valence-corrected chi connectivity index (χ2v) is 5.04.